The number of para-hydroxylation sites is 1. The van der Waals surface area contributed by atoms with Crippen molar-refractivity contribution in [2.24, 2.45) is 0 Å². The van der Waals surface area contributed by atoms with Gasteiger partial charge in [0.05, 0.1) is 31.4 Å². The summed E-state index contributed by atoms with van der Waals surface area (Å²) in [5.41, 5.74) is 1.11. The highest BCUT2D eigenvalue weighted by molar-refractivity contribution is 6.32. The highest BCUT2D eigenvalue weighted by atomic mass is 35.5. The molecule has 0 unspecified atom stereocenters. The van der Waals surface area contributed by atoms with Gasteiger partial charge in [-0.05, 0) is 30.9 Å². The molecule has 0 spiro atoms. The Kier molecular flexibility index (Phi) is 7.07. The number of nitrogens with one attached hydrogen (secondary N) is 1. The zero-order chi connectivity index (χ0) is 14.9. The number of rotatable bonds is 8. The van der Waals surface area contributed by atoms with E-state index in [0.29, 0.717) is 5.02 Å². The zero-order valence-electron chi connectivity index (χ0n) is 12.6. The monoisotopic (exact) mass is 310 g/mol. The lowest BCUT2D eigenvalue weighted by Gasteiger charge is -2.23. The number of benzene rings is 1. The third-order valence-electron chi connectivity index (χ3n) is 3.78. The van der Waals surface area contributed by atoms with Crippen molar-refractivity contribution in [3.05, 3.63) is 41.4 Å². The molecule has 1 fully saturated rings. The average Bonchev–Trinajstić information content (AvgIpc) is 2.51. The van der Waals surface area contributed by atoms with E-state index in [1.54, 1.807) is 4.90 Å². The smallest absolute Gasteiger partial charge is 0.141 e. The summed E-state index contributed by atoms with van der Waals surface area (Å²) >= 11 is 6.22. The van der Waals surface area contributed by atoms with Crippen LogP contribution in [0, 0.1) is 0 Å². The molecule has 1 aromatic carbocycles. The summed E-state index contributed by atoms with van der Waals surface area (Å²) in [4.78, 5) is 1.64. The Bertz CT molecular complexity index is 444. The minimum absolute atomic E-state index is 0.688. The molecule has 1 N–H and O–H groups in total. The lowest BCUT2D eigenvalue weighted by atomic mass is 10.1. The predicted octanol–water partition coefficient (Wildman–Crippen LogP) is 2.14. The van der Waals surface area contributed by atoms with Crippen LogP contribution in [-0.2, 0) is 11.2 Å². The lowest BCUT2D eigenvalue weighted by Crippen LogP contribution is -3.14. The molecule has 0 aliphatic carbocycles. The summed E-state index contributed by atoms with van der Waals surface area (Å²) in [6, 6.07) is 5.87. The van der Waals surface area contributed by atoms with E-state index in [-0.39, 0.29) is 0 Å². The topological polar surface area (TPSA) is 22.9 Å². The van der Waals surface area contributed by atoms with Gasteiger partial charge in [0.25, 0.3) is 0 Å². The number of allylic oxidation sites excluding steroid dienone is 1. The van der Waals surface area contributed by atoms with Gasteiger partial charge in [-0.3, -0.25) is 0 Å². The molecular weight excluding hydrogens is 286 g/mol. The first-order valence-electron chi connectivity index (χ1n) is 7.73. The summed E-state index contributed by atoms with van der Waals surface area (Å²) < 4.78 is 11.3. The van der Waals surface area contributed by atoms with Gasteiger partial charge in [-0.15, -0.1) is 6.58 Å². The highest BCUT2D eigenvalue weighted by Crippen LogP contribution is 2.29. The summed E-state index contributed by atoms with van der Waals surface area (Å²) in [7, 11) is 0. The van der Waals surface area contributed by atoms with Crippen molar-refractivity contribution in [1.82, 2.24) is 0 Å². The van der Waals surface area contributed by atoms with Gasteiger partial charge in [-0.25, -0.2) is 0 Å². The van der Waals surface area contributed by atoms with Crippen LogP contribution in [0.3, 0.4) is 0 Å². The molecular formula is C17H25ClNO2+. The van der Waals surface area contributed by atoms with Crippen LogP contribution >= 0.6 is 11.6 Å². The van der Waals surface area contributed by atoms with E-state index in [0.717, 1.165) is 57.1 Å². The Balaban J connectivity index is 1.71. The SMILES string of the molecule is C=CCc1cccc(Cl)c1OCCCC[NH+]1CCOCC1. The van der Waals surface area contributed by atoms with E-state index in [1.165, 1.54) is 13.0 Å². The van der Waals surface area contributed by atoms with Gasteiger partial charge in [0.1, 0.15) is 18.8 Å². The quantitative estimate of drug-likeness (QED) is 0.587. The number of quaternary nitrogens is 1. The van der Waals surface area contributed by atoms with E-state index in [2.05, 4.69) is 6.58 Å². The third-order valence-corrected chi connectivity index (χ3v) is 4.08. The standard InChI is InChI=1S/C17H24ClNO2/c1-2-6-15-7-5-8-16(18)17(15)21-12-4-3-9-19-10-13-20-14-11-19/h2,5,7-8H,1,3-4,6,9-14H2/p+1. The zero-order valence-corrected chi connectivity index (χ0v) is 13.3. The van der Waals surface area contributed by atoms with Crippen molar-refractivity contribution < 1.29 is 14.4 Å². The van der Waals surface area contributed by atoms with E-state index in [4.69, 9.17) is 21.1 Å². The van der Waals surface area contributed by atoms with E-state index in [1.807, 2.05) is 24.3 Å². The maximum atomic E-state index is 6.22. The molecule has 0 radical (unpaired) electrons. The van der Waals surface area contributed by atoms with E-state index < -0.39 is 0 Å². The summed E-state index contributed by atoms with van der Waals surface area (Å²) in [6.45, 7) is 9.77. The largest absolute Gasteiger partial charge is 0.492 e. The van der Waals surface area contributed by atoms with Gasteiger partial charge in [0.15, 0.2) is 0 Å². The van der Waals surface area contributed by atoms with E-state index in [9.17, 15) is 0 Å². The molecule has 0 aromatic heterocycles. The Hall–Kier alpha value is -1.03. The normalized spacial score (nSPS) is 15.9. The second-order valence-corrected chi connectivity index (χ2v) is 5.80. The number of hydrogen-bond acceptors (Lipinski definition) is 2. The van der Waals surface area contributed by atoms with Crippen molar-refractivity contribution >= 4 is 11.6 Å². The van der Waals surface area contributed by atoms with Gasteiger partial charge in [0, 0.05) is 0 Å². The molecule has 0 saturated carbocycles. The third kappa shape index (κ3) is 5.34. The molecule has 3 nitrogen and oxygen atoms in total. The minimum atomic E-state index is 0.688. The molecule has 21 heavy (non-hydrogen) atoms. The van der Waals surface area contributed by atoms with E-state index >= 15 is 0 Å². The van der Waals surface area contributed by atoms with Crippen LogP contribution in [0.4, 0.5) is 0 Å². The van der Waals surface area contributed by atoms with Crippen molar-refractivity contribution in [3.63, 3.8) is 0 Å². The second-order valence-electron chi connectivity index (χ2n) is 5.39. The molecule has 0 amide bonds. The number of halogens is 1. The van der Waals surface area contributed by atoms with Gasteiger partial charge >= 0.3 is 0 Å². The van der Waals surface area contributed by atoms with Crippen LogP contribution in [-0.4, -0.2) is 39.5 Å². The molecule has 4 heteroatoms. The fraction of sp³-hybridized carbons (Fsp3) is 0.529. The summed E-state index contributed by atoms with van der Waals surface area (Å²) in [5.74, 6) is 0.817. The first kappa shape index (κ1) is 16.3. The maximum absolute atomic E-state index is 6.22. The summed E-state index contributed by atoms with van der Waals surface area (Å²) in [6.07, 6.45) is 4.90. The molecule has 2 rings (SSSR count). The van der Waals surface area contributed by atoms with Crippen molar-refractivity contribution in [3.8, 4) is 5.75 Å². The fourth-order valence-corrected chi connectivity index (χ4v) is 2.84. The number of morpholine rings is 1. The Morgan fingerprint density at radius 2 is 2.10 bits per heavy atom. The molecule has 0 bridgehead atoms. The van der Waals surface area contributed by atoms with Crippen molar-refractivity contribution in [2.75, 3.05) is 39.5 Å². The van der Waals surface area contributed by atoms with Gasteiger partial charge < -0.3 is 14.4 Å². The first-order valence-corrected chi connectivity index (χ1v) is 8.11. The number of hydrogen-bond donors (Lipinski definition) is 1. The predicted molar refractivity (Wildman–Crippen MR) is 86.5 cm³/mol. The second kappa shape index (κ2) is 9.08. The van der Waals surface area contributed by atoms with Gasteiger partial charge in [0.2, 0.25) is 0 Å². The molecule has 1 heterocycles. The first-order chi connectivity index (χ1) is 10.3. The van der Waals surface area contributed by atoms with Crippen LogP contribution in [0.1, 0.15) is 18.4 Å². The summed E-state index contributed by atoms with van der Waals surface area (Å²) in [5, 5.41) is 0.688. The molecule has 1 aliphatic rings. The number of unbranched alkanes of at least 4 members (excludes halogenated alkanes) is 1. The van der Waals surface area contributed by atoms with Crippen molar-refractivity contribution in [2.45, 2.75) is 19.3 Å². The van der Waals surface area contributed by atoms with Gasteiger partial charge in [-0.2, -0.15) is 0 Å². The molecule has 1 aliphatic heterocycles. The van der Waals surface area contributed by atoms with Crippen LogP contribution in [0.2, 0.25) is 5.02 Å². The number of ether oxygens (including phenoxy) is 2. The average molecular weight is 311 g/mol. The Morgan fingerprint density at radius 3 is 2.86 bits per heavy atom. The molecule has 1 saturated heterocycles. The fourth-order valence-electron chi connectivity index (χ4n) is 2.59. The minimum Gasteiger partial charge on any atom is -0.492 e. The van der Waals surface area contributed by atoms with Crippen LogP contribution < -0.4 is 9.64 Å². The maximum Gasteiger partial charge on any atom is 0.141 e. The van der Waals surface area contributed by atoms with Crippen LogP contribution in [0.25, 0.3) is 0 Å². The van der Waals surface area contributed by atoms with Crippen LogP contribution in [0.5, 0.6) is 5.75 Å². The highest BCUT2D eigenvalue weighted by Gasteiger charge is 2.13. The Morgan fingerprint density at radius 1 is 1.29 bits per heavy atom. The molecule has 1 aromatic rings. The molecule has 0 atom stereocenters. The lowest BCUT2D eigenvalue weighted by molar-refractivity contribution is -0.908. The molecule has 116 valence electrons. The van der Waals surface area contributed by atoms with Crippen molar-refractivity contribution in [1.29, 1.82) is 0 Å². The van der Waals surface area contributed by atoms with Crippen LogP contribution in [0.15, 0.2) is 30.9 Å². The Labute approximate surface area is 132 Å². The van der Waals surface area contributed by atoms with Gasteiger partial charge in [-0.1, -0.05) is 29.8 Å².